The first-order chi connectivity index (χ1) is 4.31. The van der Waals surface area contributed by atoms with E-state index in [2.05, 4.69) is 15.8 Å². The van der Waals surface area contributed by atoms with E-state index < -0.39 is 5.97 Å². The molecule has 5 heteroatoms. The molecule has 5 nitrogen and oxygen atoms in total. The third kappa shape index (κ3) is 4.92. The highest BCUT2D eigenvalue weighted by atomic mass is 17.3. The predicted octanol–water partition coefficient (Wildman–Crippen LogP) is -0.686. The minimum absolute atomic E-state index is 0.000694. The van der Waals surface area contributed by atoms with Gasteiger partial charge in [-0.25, -0.2) is 4.79 Å². The Morgan fingerprint density at radius 1 is 1.67 bits per heavy atom. The van der Waals surface area contributed by atoms with Gasteiger partial charge in [-0.2, -0.15) is 5.90 Å². The van der Waals surface area contributed by atoms with Gasteiger partial charge in [0.2, 0.25) is 0 Å². The van der Waals surface area contributed by atoms with Crippen LogP contribution < -0.4 is 5.90 Å². The molecule has 0 bridgehead atoms. The van der Waals surface area contributed by atoms with Crippen molar-refractivity contribution in [3.63, 3.8) is 0 Å². The molecule has 0 heterocycles. The van der Waals surface area contributed by atoms with Crippen molar-refractivity contribution in [3.05, 3.63) is 0 Å². The van der Waals surface area contributed by atoms with Crippen LogP contribution in [0.5, 0.6) is 0 Å². The summed E-state index contributed by atoms with van der Waals surface area (Å²) >= 11 is 0. The van der Waals surface area contributed by atoms with Crippen molar-refractivity contribution in [1.82, 2.24) is 0 Å². The number of hydrogen-bond acceptors (Lipinski definition) is 5. The standard InChI is InChI=1S/C4H7NO4/c5-9-8-4(7)2-1-3-6/h3H,1-2,5H2. The van der Waals surface area contributed by atoms with Gasteiger partial charge in [-0.05, 0) is 0 Å². The minimum atomic E-state index is -0.649. The Kier molecular flexibility index (Phi) is 4.66. The lowest BCUT2D eigenvalue weighted by atomic mass is 10.3. The Morgan fingerprint density at radius 3 is 2.78 bits per heavy atom. The second-order valence-corrected chi connectivity index (χ2v) is 1.26. The second kappa shape index (κ2) is 5.20. The van der Waals surface area contributed by atoms with Crippen LogP contribution in [0, 0.1) is 0 Å². The molecule has 0 aromatic heterocycles. The van der Waals surface area contributed by atoms with E-state index in [1.807, 2.05) is 0 Å². The monoisotopic (exact) mass is 133 g/mol. The quantitative estimate of drug-likeness (QED) is 0.312. The lowest BCUT2D eigenvalue weighted by molar-refractivity contribution is -0.276. The Balaban J connectivity index is 3.16. The average Bonchev–Trinajstić information content (AvgIpc) is 1.85. The molecule has 0 aliphatic carbocycles. The van der Waals surface area contributed by atoms with Crippen LogP contribution in [0.4, 0.5) is 0 Å². The molecule has 0 rings (SSSR count). The molecule has 9 heavy (non-hydrogen) atoms. The molecule has 0 aromatic rings. The summed E-state index contributed by atoms with van der Waals surface area (Å²) < 4.78 is 0. The molecule has 0 aliphatic rings. The lowest BCUT2D eigenvalue weighted by Gasteiger charge is -1.92. The van der Waals surface area contributed by atoms with Gasteiger partial charge in [0, 0.05) is 6.42 Å². The van der Waals surface area contributed by atoms with Gasteiger partial charge >= 0.3 is 5.97 Å². The Hall–Kier alpha value is -0.940. The van der Waals surface area contributed by atoms with Crippen LogP contribution in [-0.4, -0.2) is 12.3 Å². The Bertz CT molecular complexity index is 103. The van der Waals surface area contributed by atoms with Crippen molar-refractivity contribution in [2.24, 2.45) is 5.90 Å². The summed E-state index contributed by atoms with van der Waals surface area (Å²) in [6.45, 7) is 0. The zero-order valence-electron chi connectivity index (χ0n) is 4.70. The van der Waals surface area contributed by atoms with Crippen LogP contribution in [0.2, 0.25) is 0 Å². The highest BCUT2D eigenvalue weighted by Crippen LogP contribution is 1.87. The molecule has 0 unspecified atom stereocenters. The van der Waals surface area contributed by atoms with E-state index in [1.165, 1.54) is 0 Å². The van der Waals surface area contributed by atoms with Gasteiger partial charge in [0.15, 0.2) is 0 Å². The molecule has 0 atom stereocenters. The molecular formula is C4H7NO4. The number of rotatable bonds is 4. The Labute approximate surface area is 51.6 Å². The third-order valence-electron chi connectivity index (χ3n) is 0.607. The maximum absolute atomic E-state index is 10.2. The van der Waals surface area contributed by atoms with Crippen molar-refractivity contribution in [1.29, 1.82) is 0 Å². The molecule has 0 spiro atoms. The van der Waals surface area contributed by atoms with E-state index in [0.717, 1.165) is 0 Å². The van der Waals surface area contributed by atoms with Gasteiger partial charge in [0.1, 0.15) is 6.29 Å². The molecule has 0 saturated carbocycles. The number of carbonyl (C=O) groups excluding carboxylic acids is 2. The van der Waals surface area contributed by atoms with E-state index in [4.69, 9.17) is 0 Å². The van der Waals surface area contributed by atoms with Crippen LogP contribution in [0.15, 0.2) is 0 Å². The maximum atomic E-state index is 10.2. The summed E-state index contributed by atoms with van der Waals surface area (Å²) in [5.74, 6) is 3.72. The second-order valence-electron chi connectivity index (χ2n) is 1.26. The van der Waals surface area contributed by atoms with E-state index >= 15 is 0 Å². The maximum Gasteiger partial charge on any atom is 0.344 e. The average molecular weight is 133 g/mol. The van der Waals surface area contributed by atoms with Crippen molar-refractivity contribution < 1.29 is 19.5 Å². The van der Waals surface area contributed by atoms with Crippen LogP contribution in [0.1, 0.15) is 12.8 Å². The lowest BCUT2D eigenvalue weighted by Crippen LogP contribution is -2.08. The van der Waals surface area contributed by atoms with Gasteiger partial charge < -0.3 is 4.79 Å². The topological polar surface area (TPSA) is 78.6 Å². The summed E-state index contributed by atoms with van der Waals surface area (Å²) in [4.78, 5) is 27.2. The first kappa shape index (κ1) is 8.06. The fraction of sp³-hybridized carbons (Fsp3) is 0.500. The van der Waals surface area contributed by atoms with Crippen molar-refractivity contribution in [2.45, 2.75) is 12.8 Å². The van der Waals surface area contributed by atoms with E-state index in [9.17, 15) is 9.59 Å². The van der Waals surface area contributed by atoms with Crippen LogP contribution in [-0.2, 0) is 19.5 Å². The van der Waals surface area contributed by atoms with Crippen molar-refractivity contribution >= 4 is 12.3 Å². The summed E-state index contributed by atoms with van der Waals surface area (Å²) in [6, 6.07) is 0. The molecule has 52 valence electrons. The summed E-state index contributed by atoms with van der Waals surface area (Å²) in [6.07, 6.45) is 0.737. The number of hydrogen-bond donors (Lipinski definition) is 1. The van der Waals surface area contributed by atoms with Crippen LogP contribution in [0.25, 0.3) is 0 Å². The van der Waals surface area contributed by atoms with Gasteiger partial charge in [0.05, 0.1) is 6.42 Å². The van der Waals surface area contributed by atoms with Crippen molar-refractivity contribution in [2.75, 3.05) is 0 Å². The molecule has 0 amide bonds. The minimum Gasteiger partial charge on any atom is -0.303 e. The first-order valence-corrected chi connectivity index (χ1v) is 2.31. The highest BCUT2D eigenvalue weighted by Gasteiger charge is 2.00. The summed E-state index contributed by atoms with van der Waals surface area (Å²) in [5.41, 5.74) is 0. The zero-order chi connectivity index (χ0) is 7.11. The van der Waals surface area contributed by atoms with Gasteiger partial charge in [-0.15, -0.1) is 0 Å². The molecule has 0 aromatic carbocycles. The van der Waals surface area contributed by atoms with E-state index in [0.29, 0.717) is 6.29 Å². The van der Waals surface area contributed by atoms with Gasteiger partial charge in [0.25, 0.3) is 0 Å². The molecule has 0 saturated heterocycles. The molecule has 0 radical (unpaired) electrons. The number of aldehydes is 1. The number of carbonyl (C=O) groups is 2. The van der Waals surface area contributed by atoms with Crippen LogP contribution in [0.3, 0.4) is 0 Å². The first-order valence-electron chi connectivity index (χ1n) is 2.31. The number of nitrogens with two attached hydrogens (primary N) is 1. The van der Waals surface area contributed by atoms with E-state index in [-0.39, 0.29) is 12.8 Å². The normalized spacial score (nSPS) is 8.56. The molecule has 0 fully saturated rings. The molecular weight excluding hydrogens is 126 g/mol. The van der Waals surface area contributed by atoms with Gasteiger partial charge in [-0.1, -0.05) is 4.99 Å². The molecule has 2 N–H and O–H groups in total. The smallest absolute Gasteiger partial charge is 0.303 e. The van der Waals surface area contributed by atoms with E-state index in [1.54, 1.807) is 0 Å². The molecule has 0 aliphatic heterocycles. The fourth-order valence-corrected chi connectivity index (χ4v) is 0.272. The predicted molar refractivity (Wildman–Crippen MR) is 26.7 cm³/mol. The van der Waals surface area contributed by atoms with Gasteiger partial charge in [-0.3, -0.25) is 4.89 Å². The van der Waals surface area contributed by atoms with Crippen molar-refractivity contribution in [3.8, 4) is 0 Å². The van der Waals surface area contributed by atoms with Crippen LogP contribution >= 0.6 is 0 Å². The summed E-state index contributed by atoms with van der Waals surface area (Å²) in [7, 11) is 0. The third-order valence-corrected chi connectivity index (χ3v) is 0.607. The largest absolute Gasteiger partial charge is 0.344 e. The SMILES string of the molecule is NOOC(=O)CCC=O. The fourth-order valence-electron chi connectivity index (χ4n) is 0.272. The zero-order valence-corrected chi connectivity index (χ0v) is 4.70. The Morgan fingerprint density at radius 2 is 2.33 bits per heavy atom. The highest BCUT2D eigenvalue weighted by molar-refractivity contribution is 5.71. The summed E-state index contributed by atoms with van der Waals surface area (Å²) in [5, 5.41) is 0.